The van der Waals surface area contributed by atoms with Gasteiger partial charge in [0.2, 0.25) is 15.9 Å². The monoisotopic (exact) mass is 455 g/mol. The molecule has 0 saturated carbocycles. The summed E-state index contributed by atoms with van der Waals surface area (Å²) in [6, 6.07) is 11.2. The Hall–Kier alpha value is -3.08. The first kappa shape index (κ1) is 20.8. The highest BCUT2D eigenvalue weighted by molar-refractivity contribution is 7.89. The summed E-state index contributed by atoms with van der Waals surface area (Å²) in [6.07, 6.45) is 0.496. The fourth-order valence-electron chi connectivity index (χ4n) is 4.34. The van der Waals surface area contributed by atoms with Crippen molar-refractivity contribution in [3.05, 3.63) is 59.2 Å². The van der Waals surface area contributed by atoms with Crippen LogP contribution in [0.5, 0.6) is 0 Å². The number of hydrogen-bond donors (Lipinski definition) is 0. The molecule has 0 spiro atoms. The maximum atomic E-state index is 13.0. The Morgan fingerprint density at radius 2 is 1.59 bits per heavy atom. The Labute approximate surface area is 185 Å². The number of fused-ring (bicyclic) bond motifs is 2. The number of imide groups is 1. The second-order valence-electron chi connectivity index (χ2n) is 7.84. The zero-order valence-corrected chi connectivity index (χ0v) is 18.0. The van der Waals surface area contributed by atoms with E-state index in [1.807, 2.05) is 0 Å². The Balaban J connectivity index is 1.34. The van der Waals surface area contributed by atoms with Crippen molar-refractivity contribution in [1.29, 1.82) is 0 Å². The summed E-state index contributed by atoms with van der Waals surface area (Å²) in [7, 11) is -3.63. The topological polar surface area (TPSA) is 104 Å². The quantitative estimate of drug-likeness (QED) is 0.635. The van der Waals surface area contributed by atoms with Crippen LogP contribution in [0.4, 0.5) is 5.69 Å². The summed E-state index contributed by atoms with van der Waals surface area (Å²) >= 11 is 0. The molecule has 0 bridgehead atoms. The number of carbonyl (C=O) groups excluding carboxylic acids is 3. The van der Waals surface area contributed by atoms with Gasteiger partial charge in [-0.15, -0.1) is 0 Å². The maximum Gasteiger partial charge on any atom is 0.262 e. The summed E-state index contributed by atoms with van der Waals surface area (Å²) in [5.41, 5.74) is 1.94. The smallest absolute Gasteiger partial charge is 0.262 e. The van der Waals surface area contributed by atoms with Crippen LogP contribution in [0, 0.1) is 0 Å². The third kappa shape index (κ3) is 3.31. The largest absolute Gasteiger partial charge is 0.379 e. The lowest BCUT2D eigenvalue weighted by Crippen LogP contribution is -2.42. The first-order valence-electron chi connectivity index (χ1n) is 10.3. The Morgan fingerprint density at radius 1 is 0.938 bits per heavy atom. The summed E-state index contributed by atoms with van der Waals surface area (Å²) < 4.78 is 32.5. The molecule has 0 N–H and O–H groups in total. The van der Waals surface area contributed by atoms with Crippen LogP contribution in [0.3, 0.4) is 0 Å². The van der Waals surface area contributed by atoms with Gasteiger partial charge in [0.25, 0.3) is 11.8 Å². The summed E-state index contributed by atoms with van der Waals surface area (Å²) in [5.74, 6) is -1.35. The molecule has 0 unspecified atom stereocenters. The number of hydrogen-bond acceptors (Lipinski definition) is 6. The van der Waals surface area contributed by atoms with E-state index in [-0.39, 0.29) is 17.3 Å². The third-order valence-electron chi connectivity index (χ3n) is 6.03. The number of carbonyl (C=O) groups is 3. The van der Waals surface area contributed by atoms with Crippen molar-refractivity contribution < 1.29 is 27.5 Å². The van der Waals surface area contributed by atoms with Crippen LogP contribution in [0.2, 0.25) is 0 Å². The normalized spacial score (nSPS) is 18.8. The van der Waals surface area contributed by atoms with E-state index in [1.54, 1.807) is 36.4 Å². The zero-order chi connectivity index (χ0) is 22.5. The van der Waals surface area contributed by atoms with Crippen LogP contribution in [-0.2, 0) is 26.0 Å². The molecule has 32 heavy (non-hydrogen) atoms. The van der Waals surface area contributed by atoms with Crippen LogP contribution in [0.15, 0.2) is 47.4 Å². The summed E-state index contributed by atoms with van der Waals surface area (Å²) in [4.78, 5) is 40.8. The molecular weight excluding hydrogens is 434 g/mol. The molecule has 3 amide bonds. The standard InChI is InChI=1S/C22H21N3O6S/c26-20(14-25-21(27)17-3-1-2-4-18(17)22(25)28)24-8-7-15-13-16(5-6-19(15)24)32(29,30)23-9-11-31-12-10-23/h1-6,13H,7-12,14H2. The number of morpholine rings is 1. The molecule has 3 heterocycles. The average Bonchev–Trinajstić information content (AvgIpc) is 3.34. The van der Waals surface area contributed by atoms with E-state index in [9.17, 15) is 22.8 Å². The van der Waals surface area contributed by atoms with Gasteiger partial charge in [-0.05, 0) is 42.3 Å². The number of anilines is 1. The molecule has 0 radical (unpaired) electrons. The number of rotatable bonds is 4. The van der Waals surface area contributed by atoms with E-state index in [0.717, 1.165) is 10.5 Å². The predicted molar refractivity (Wildman–Crippen MR) is 114 cm³/mol. The second kappa shape index (κ2) is 7.80. The lowest BCUT2D eigenvalue weighted by Gasteiger charge is -2.26. The second-order valence-corrected chi connectivity index (χ2v) is 9.78. The summed E-state index contributed by atoms with van der Waals surface area (Å²) in [6.45, 7) is 1.35. The molecule has 0 aliphatic carbocycles. The van der Waals surface area contributed by atoms with Crippen LogP contribution < -0.4 is 4.90 Å². The molecule has 5 rings (SSSR count). The molecule has 0 atom stereocenters. The molecule has 3 aliphatic heterocycles. The zero-order valence-electron chi connectivity index (χ0n) is 17.2. The SMILES string of the molecule is O=C1c2ccccc2C(=O)N1CC(=O)N1CCc2cc(S(=O)(=O)N3CCOCC3)ccc21. The van der Waals surface area contributed by atoms with Crippen LogP contribution in [0.25, 0.3) is 0 Å². The molecule has 2 aromatic rings. The Kier molecular flexibility index (Phi) is 5.07. The van der Waals surface area contributed by atoms with E-state index in [2.05, 4.69) is 0 Å². The van der Waals surface area contributed by atoms with E-state index < -0.39 is 21.8 Å². The molecule has 9 nitrogen and oxygen atoms in total. The Morgan fingerprint density at radius 3 is 2.25 bits per heavy atom. The lowest BCUT2D eigenvalue weighted by molar-refractivity contribution is -0.118. The van der Waals surface area contributed by atoms with Crippen molar-refractivity contribution in [2.24, 2.45) is 0 Å². The van der Waals surface area contributed by atoms with Gasteiger partial charge in [0.1, 0.15) is 6.54 Å². The molecule has 166 valence electrons. The van der Waals surface area contributed by atoms with Gasteiger partial charge >= 0.3 is 0 Å². The van der Waals surface area contributed by atoms with Gasteiger partial charge in [0, 0.05) is 25.3 Å². The highest BCUT2D eigenvalue weighted by atomic mass is 32.2. The fraction of sp³-hybridized carbons (Fsp3) is 0.318. The van der Waals surface area contributed by atoms with Gasteiger partial charge in [-0.2, -0.15) is 4.31 Å². The number of ether oxygens (including phenoxy) is 1. The predicted octanol–water partition coefficient (Wildman–Crippen LogP) is 0.893. The van der Waals surface area contributed by atoms with Crippen molar-refractivity contribution in [2.45, 2.75) is 11.3 Å². The third-order valence-corrected chi connectivity index (χ3v) is 7.92. The van der Waals surface area contributed by atoms with Crippen molar-refractivity contribution in [1.82, 2.24) is 9.21 Å². The van der Waals surface area contributed by atoms with Gasteiger partial charge in [0.15, 0.2) is 0 Å². The molecule has 10 heteroatoms. The van der Waals surface area contributed by atoms with Crippen LogP contribution in [-0.4, -0.2) is 74.7 Å². The first-order chi connectivity index (χ1) is 15.4. The minimum Gasteiger partial charge on any atom is -0.379 e. The Bertz CT molecular complexity index is 1200. The lowest BCUT2D eigenvalue weighted by atomic mass is 10.1. The van der Waals surface area contributed by atoms with Crippen molar-refractivity contribution in [3.8, 4) is 0 Å². The molecule has 3 aliphatic rings. The van der Waals surface area contributed by atoms with Crippen LogP contribution in [0.1, 0.15) is 26.3 Å². The van der Waals surface area contributed by atoms with Crippen molar-refractivity contribution in [3.63, 3.8) is 0 Å². The van der Waals surface area contributed by atoms with Crippen LogP contribution >= 0.6 is 0 Å². The molecule has 1 saturated heterocycles. The highest BCUT2D eigenvalue weighted by Gasteiger charge is 2.38. The van der Waals surface area contributed by atoms with E-state index >= 15 is 0 Å². The summed E-state index contributed by atoms with van der Waals surface area (Å²) in [5, 5.41) is 0. The fourth-order valence-corrected chi connectivity index (χ4v) is 5.80. The minimum atomic E-state index is -3.63. The number of amides is 3. The molecule has 2 aromatic carbocycles. The number of benzene rings is 2. The van der Waals surface area contributed by atoms with Gasteiger partial charge < -0.3 is 9.64 Å². The van der Waals surface area contributed by atoms with Crippen molar-refractivity contribution in [2.75, 3.05) is 44.3 Å². The first-order valence-corrected chi connectivity index (χ1v) is 11.8. The van der Waals surface area contributed by atoms with Gasteiger partial charge in [0.05, 0.1) is 29.2 Å². The van der Waals surface area contributed by atoms with E-state index in [1.165, 1.54) is 15.3 Å². The van der Waals surface area contributed by atoms with Gasteiger partial charge in [-0.3, -0.25) is 19.3 Å². The molecule has 1 fully saturated rings. The van der Waals surface area contributed by atoms with E-state index in [4.69, 9.17) is 4.74 Å². The van der Waals surface area contributed by atoms with E-state index in [0.29, 0.717) is 56.1 Å². The highest BCUT2D eigenvalue weighted by Crippen LogP contribution is 2.32. The van der Waals surface area contributed by atoms with Gasteiger partial charge in [-0.1, -0.05) is 12.1 Å². The molecular formula is C22H21N3O6S. The number of sulfonamides is 1. The number of nitrogens with zero attached hydrogens (tertiary/aromatic N) is 3. The van der Waals surface area contributed by atoms with Gasteiger partial charge in [-0.25, -0.2) is 8.42 Å². The average molecular weight is 455 g/mol. The maximum absolute atomic E-state index is 13.0. The molecule has 0 aromatic heterocycles. The minimum absolute atomic E-state index is 0.188. The van der Waals surface area contributed by atoms with Crippen molar-refractivity contribution >= 4 is 33.4 Å².